The number of rotatable bonds is 13. The first-order valence-electron chi connectivity index (χ1n) is 19.7. The second-order valence-electron chi connectivity index (χ2n) is 14.7. The van der Waals surface area contributed by atoms with Crippen molar-refractivity contribution < 1.29 is 38.1 Å². The van der Waals surface area contributed by atoms with Crippen LogP contribution < -0.4 is 18.9 Å². The molecule has 2 fully saturated rings. The summed E-state index contributed by atoms with van der Waals surface area (Å²) in [6, 6.07) is 22.3. The van der Waals surface area contributed by atoms with Crippen molar-refractivity contribution in [3.63, 3.8) is 0 Å². The van der Waals surface area contributed by atoms with E-state index in [2.05, 4.69) is 13.8 Å². The lowest BCUT2D eigenvalue weighted by molar-refractivity contribution is -0.145. The van der Waals surface area contributed by atoms with Crippen LogP contribution in [0.25, 0.3) is 10.9 Å². The van der Waals surface area contributed by atoms with Crippen molar-refractivity contribution in [3.8, 4) is 23.0 Å². The number of benzene rings is 3. The average molecular weight is 734 g/mol. The number of aromatic nitrogens is 1. The topological polar surface area (TPSA) is 118 Å². The summed E-state index contributed by atoms with van der Waals surface area (Å²) in [7, 11) is 0. The summed E-state index contributed by atoms with van der Waals surface area (Å²) in [5.41, 5.74) is 3.68. The van der Waals surface area contributed by atoms with Gasteiger partial charge in [-0.25, -0.2) is 4.98 Å². The molecule has 54 heavy (non-hydrogen) atoms. The van der Waals surface area contributed by atoms with Gasteiger partial charge in [0.15, 0.2) is 5.75 Å². The van der Waals surface area contributed by atoms with Crippen LogP contribution in [-0.4, -0.2) is 28.9 Å². The van der Waals surface area contributed by atoms with Crippen molar-refractivity contribution in [1.29, 1.82) is 0 Å². The molecule has 2 aliphatic carbocycles. The number of ether oxygens (including phenoxy) is 4. The molecule has 0 aliphatic heterocycles. The molecule has 0 spiro atoms. The summed E-state index contributed by atoms with van der Waals surface area (Å²) in [4.78, 5) is 57.3. The lowest BCUT2D eigenvalue weighted by Gasteiger charge is -2.26. The van der Waals surface area contributed by atoms with Crippen LogP contribution in [-0.2, 0) is 38.4 Å². The van der Waals surface area contributed by atoms with Crippen molar-refractivity contribution in [3.05, 3.63) is 89.6 Å². The average Bonchev–Trinajstić information content (AvgIpc) is 3.20. The van der Waals surface area contributed by atoms with E-state index < -0.39 is 0 Å². The van der Waals surface area contributed by atoms with Gasteiger partial charge in [0.1, 0.15) is 22.8 Å². The molecule has 9 nitrogen and oxygen atoms in total. The first kappa shape index (κ1) is 38.7. The predicted octanol–water partition coefficient (Wildman–Crippen LogP) is 9.34. The molecular weight excluding hydrogens is 682 g/mol. The minimum absolute atomic E-state index is 0.265. The van der Waals surface area contributed by atoms with Gasteiger partial charge >= 0.3 is 23.9 Å². The highest BCUT2D eigenvalue weighted by molar-refractivity contribution is 5.94. The molecular formula is C45H51NO8. The normalized spacial score (nSPS) is 19.8. The Hall–Kier alpha value is -5.05. The Labute approximate surface area is 317 Å². The van der Waals surface area contributed by atoms with Gasteiger partial charge in [-0.15, -0.1) is 0 Å². The number of pyridine rings is 1. The van der Waals surface area contributed by atoms with E-state index in [0.717, 1.165) is 31.4 Å². The van der Waals surface area contributed by atoms with E-state index in [1.807, 2.05) is 67.6 Å². The van der Waals surface area contributed by atoms with E-state index in [1.165, 1.54) is 11.1 Å². The van der Waals surface area contributed by atoms with Gasteiger partial charge in [0, 0.05) is 11.1 Å². The highest BCUT2D eigenvalue weighted by Crippen LogP contribution is 2.37. The number of fused-ring (bicyclic) bond motifs is 1. The van der Waals surface area contributed by atoms with Gasteiger partial charge in [0.25, 0.3) is 0 Å². The van der Waals surface area contributed by atoms with Crippen LogP contribution in [0.1, 0.15) is 102 Å². The third-order valence-electron chi connectivity index (χ3n) is 10.8. The fraction of sp³-hybridized carbons (Fsp3) is 0.444. The minimum atomic E-state index is -0.369. The first-order valence-corrected chi connectivity index (χ1v) is 19.7. The molecule has 3 aromatic carbocycles. The number of esters is 4. The largest absolute Gasteiger partial charge is 0.426 e. The van der Waals surface area contributed by atoms with Gasteiger partial charge in [0.2, 0.25) is 0 Å². The van der Waals surface area contributed by atoms with Crippen LogP contribution in [0.15, 0.2) is 72.8 Å². The van der Waals surface area contributed by atoms with Gasteiger partial charge in [-0.3, -0.25) is 19.2 Å². The lowest BCUT2D eigenvalue weighted by Crippen LogP contribution is -2.30. The molecule has 0 atom stereocenters. The number of nitrogens with zero attached hydrogens (tertiary/aromatic N) is 1. The van der Waals surface area contributed by atoms with Crippen LogP contribution in [0, 0.1) is 23.7 Å². The van der Waals surface area contributed by atoms with E-state index in [1.54, 1.807) is 12.1 Å². The quantitative estimate of drug-likeness (QED) is 0.0978. The Morgan fingerprint density at radius 3 is 1.30 bits per heavy atom. The summed E-state index contributed by atoms with van der Waals surface area (Å²) >= 11 is 0. The third-order valence-corrected chi connectivity index (χ3v) is 10.8. The number of carbonyl (C=O) groups is 4. The van der Waals surface area contributed by atoms with E-state index in [-0.39, 0.29) is 47.5 Å². The van der Waals surface area contributed by atoms with Gasteiger partial charge in [0.05, 0.1) is 23.7 Å². The number of hydrogen-bond donors (Lipinski definition) is 0. The second-order valence-corrected chi connectivity index (χ2v) is 14.7. The molecule has 284 valence electrons. The Morgan fingerprint density at radius 2 is 0.889 bits per heavy atom. The van der Waals surface area contributed by atoms with E-state index in [4.69, 9.17) is 23.9 Å². The molecule has 0 radical (unpaired) electrons. The SMILES string of the molecule is CCCc1ccc(OC(=O)C2CCC(C(=O)Oc3ccc(OC(=O)C4CCC(C(=O)Oc5ccc(CCC)cc5)CC4)c4nc(CC)ccc34)CC2)cc1. The van der Waals surface area contributed by atoms with Crippen molar-refractivity contribution in [2.45, 2.75) is 104 Å². The van der Waals surface area contributed by atoms with Gasteiger partial charge in [-0.1, -0.05) is 57.9 Å². The van der Waals surface area contributed by atoms with Crippen molar-refractivity contribution in [1.82, 2.24) is 4.98 Å². The maximum absolute atomic E-state index is 13.4. The summed E-state index contributed by atoms with van der Waals surface area (Å²) < 4.78 is 23.2. The fourth-order valence-corrected chi connectivity index (χ4v) is 7.51. The number of aryl methyl sites for hydroxylation is 3. The summed E-state index contributed by atoms with van der Waals surface area (Å²) in [6.45, 7) is 6.24. The number of carbonyl (C=O) groups excluding carboxylic acids is 4. The van der Waals surface area contributed by atoms with E-state index in [0.29, 0.717) is 91.7 Å². The molecule has 2 aliphatic rings. The minimum Gasteiger partial charge on any atom is -0.426 e. The molecule has 0 N–H and O–H groups in total. The molecule has 6 rings (SSSR count). The maximum atomic E-state index is 13.4. The van der Waals surface area contributed by atoms with Gasteiger partial charge < -0.3 is 18.9 Å². The molecule has 1 aromatic heterocycles. The molecule has 0 bridgehead atoms. The standard InChI is InChI=1S/C45H51NO8/c1-4-7-29-9-22-36(23-10-29)51-42(47)31-13-17-33(18-14-31)44(49)53-39-27-28-40(41-38(39)26-21-35(6-3)46-41)54-45(50)34-19-15-32(16-20-34)43(48)52-37-24-11-30(8-5-2)12-25-37/h9-12,21-28,31-34H,4-8,13-20H2,1-3H3. The Bertz CT molecular complexity index is 1920. The Balaban J connectivity index is 1.03. The molecule has 0 unspecified atom stereocenters. The van der Waals surface area contributed by atoms with Crippen LogP contribution in [0.3, 0.4) is 0 Å². The summed E-state index contributed by atoms with van der Waals surface area (Å²) in [5.74, 6) is -0.789. The number of hydrogen-bond acceptors (Lipinski definition) is 9. The fourth-order valence-electron chi connectivity index (χ4n) is 7.51. The van der Waals surface area contributed by atoms with Crippen LogP contribution in [0.2, 0.25) is 0 Å². The smallest absolute Gasteiger partial charge is 0.314 e. The third kappa shape index (κ3) is 9.73. The molecule has 0 amide bonds. The van der Waals surface area contributed by atoms with E-state index in [9.17, 15) is 19.2 Å². The molecule has 1 heterocycles. The monoisotopic (exact) mass is 733 g/mol. The van der Waals surface area contributed by atoms with Crippen molar-refractivity contribution in [2.24, 2.45) is 23.7 Å². The molecule has 9 heteroatoms. The van der Waals surface area contributed by atoms with Gasteiger partial charge in [-0.2, -0.15) is 0 Å². The summed E-state index contributed by atoms with van der Waals surface area (Å²) in [6.07, 6.45) is 8.97. The molecule has 4 aromatic rings. The lowest BCUT2D eigenvalue weighted by atomic mass is 9.82. The zero-order chi connectivity index (χ0) is 38.0. The molecule has 0 saturated heterocycles. The van der Waals surface area contributed by atoms with Crippen LogP contribution in [0.4, 0.5) is 0 Å². The Kier molecular flexibility index (Phi) is 13.1. The van der Waals surface area contributed by atoms with Crippen LogP contribution >= 0.6 is 0 Å². The van der Waals surface area contributed by atoms with Crippen molar-refractivity contribution >= 4 is 34.8 Å². The molecule has 2 saturated carbocycles. The highest BCUT2D eigenvalue weighted by atomic mass is 16.5. The summed E-state index contributed by atoms with van der Waals surface area (Å²) in [5, 5.41) is 0.572. The van der Waals surface area contributed by atoms with Crippen molar-refractivity contribution in [2.75, 3.05) is 0 Å². The first-order chi connectivity index (χ1) is 26.2. The highest BCUT2D eigenvalue weighted by Gasteiger charge is 2.34. The predicted molar refractivity (Wildman–Crippen MR) is 205 cm³/mol. The van der Waals surface area contributed by atoms with Crippen LogP contribution in [0.5, 0.6) is 23.0 Å². The van der Waals surface area contributed by atoms with Gasteiger partial charge in [-0.05, 0) is 130 Å². The Morgan fingerprint density at radius 1 is 0.500 bits per heavy atom. The second kappa shape index (κ2) is 18.3. The zero-order valence-corrected chi connectivity index (χ0v) is 31.6. The maximum Gasteiger partial charge on any atom is 0.314 e. The van der Waals surface area contributed by atoms with E-state index >= 15 is 0 Å². The zero-order valence-electron chi connectivity index (χ0n) is 31.6.